The van der Waals surface area contributed by atoms with Gasteiger partial charge in [0.15, 0.2) is 11.5 Å². The van der Waals surface area contributed by atoms with Gasteiger partial charge in [-0.25, -0.2) is 18.4 Å². The maximum Gasteiger partial charge on any atom is 0.262 e. The summed E-state index contributed by atoms with van der Waals surface area (Å²) in [7, 11) is -3.81. The molecule has 0 radical (unpaired) electrons. The standard InChI is InChI=1S/C21H21N5O5S/c27-20(8-11-24-21-22-9-1-10-23-21)25-15-2-4-16(5-3-15)26-32(28,29)17-6-7-18-19(14-17)31-13-12-30-18/h1-7,9-10,14,26H,8,11-13H2,(H,25,27)(H,22,23,24). The Hall–Kier alpha value is -3.86. The average Bonchev–Trinajstić information content (AvgIpc) is 2.80. The van der Waals surface area contributed by atoms with Crippen LogP contribution < -0.4 is 24.8 Å². The lowest BCUT2D eigenvalue weighted by Gasteiger charge is -2.19. The third kappa shape index (κ3) is 5.43. The molecule has 3 aromatic rings. The van der Waals surface area contributed by atoms with Crippen molar-refractivity contribution in [3.63, 3.8) is 0 Å². The zero-order valence-electron chi connectivity index (χ0n) is 16.9. The van der Waals surface area contributed by atoms with Crippen LogP contribution in [0.2, 0.25) is 0 Å². The van der Waals surface area contributed by atoms with Crippen LogP contribution in [0.25, 0.3) is 0 Å². The van der Waals surface area contributed by atoms with Crippen molar-refractivity contribution < 1.29 is 22.7 Å². The highest BCUT2D eigenvalue weighted by Gasteiger charge is 2.19. The number of rotatable bonds is 8. The van der Waals surface area contributed by atoms with Gasteiger partial charge in [-0.1, -0.05) is 0 Å². The molecule has 3 N–H and O–H groups in total. The Bertz CT molecular complexity index is 1190. The number of hydrogen-bond donors (Lipinski definition) is 3. The molecule has 0 saturated heterocycles. The van der Waals surface area contributed by atoms with Crippen molar-refractivity contribution in [2.45, 2.75) is 11.3 Å². The van der Waals surface area contributed by atoms with E-state index in [9.17, 15) is 13.2 Å². The monoisotopic (exact) mass is 455 g/mol. The Kier molecular flexibility index (Phi) is 6.36. The second-order valence-electron chi connectivity index (χ2n) is 6.79. The van der Waals surface area contributed by atoms with Crippen molar-refractivity contribution in [2.75, 3.05) is 35.1 Å². The summed E-state index contributed by atoms with van der Waals surface area (Å²) in [4.78, 5) is 20.2. The summed E-state index contributed by atoms with van der Waals surface area (Å²) in [5.74, 6) is 1.17. The molecule has 1 aliphatic heterocycles. The van der Waals surface area contributed by atoms with Crippen LogP contribution in [0.3, 0.4) is 0 Å². The lowest BCUT2D eigenvalue weighted by molar-refractivity contribution is -0.115. The summed E-state index contributed by atoms with van der Waals surface area (Å²) in [6, 6.07) is 12.5. The smallest absolute Gasteiger partial charge is 0.262 e. The molecule has 1 aromatic heterocycles. The first-order chi connectivity index (χ1) is 15.5. The van der Waals surface area contributed by atoms with E-state index in [1.165, 1.54) is 12.1 Å². The molecule has 0 saturated carbocycles. The Morgan fingerprint density at radius 2 is 1.62 bits per heavy atom. The van der Waals surface area contributed by atoms with Gasteiger partial charge in [-0.2, -0.15) is 0 Å². The quantitative estimate of drug-likeness (QED) is 0.472. The van der Waals surface area contributed by atoms with Crippen LogP contribution in [0.15, 0.2) is 65.8 Å². The number of carbonyl (C=O) groups excluding carboxylic acids is 1. The lowest BCUT2D eigenvalue weighted by Crippen LogP contribution is -2.18. The van der Waals surface area contributed by atoms with E-state index in [0.29, 0.717) is 48.6 Å². The molecule has 0 fully saturated rings. The second kappa shape index (κ2) is 9.52. The van der Waals surface area contributed by atoms with Gasteiger partial charge in [-0.3, -0.25) is 9.52 Å². The van der Waals surface area contributed by atoms with Crippen molar-refractivity contribution in [3.05, 3.63) is 60.9 Å². The number of amides is 1. The molecule has 0 aliphatic carbocycles. The highest BCUT2D eigenvalue weighted by Crippen LogP contribution is 2.32. The van der Waals surface area contributed by atoms with Crippen molar-refractivity contribution in [1.29, 1.82) is 0 Å². The Balaban J connectivity index is 1.31. The summed E-state index contributed by atoms with van der Waals surface area (Å²) in [6.07, 6.45) is 3.44. The van der Waals surface area contributed by atoms with Crippen LogP contribution in [0.5, 0.6) is 11.5 Å². The molecule has 11 heteroatoms. The Morgan fingerprint density at radius 3 is 2.38 bits per heavy atom. The molecule has 2 aromatic carbocycles. The number of carbonyl (C=O) groups is 1. The largest absolute Gasteiger partial charge is 0.486 e. The topological polar surface area (TPSA) is 132 Å². The van der Waals surface area contributed by atoms with Crippen molar-refractivity contribution in [3.8, 4) is 11.5 Å². The molecule has 166 valence electrons. The molecular weight excluding hydrogens is 434 g/mol. The zero-order valence-corrected chi connectivity index (χ0v) is 17.8. The number of benzene rings is 2. The van der Waals surface area contributed by atoms with Gasteiger partial charge in [-0.05, 0) is 42.5 Å². The highest BCUT2D eigenvalue weighted by atomic mass is 32.2. The SMILES string of the molecule is O=C(CCNc1ncccn1)Nc1ccc(NS(=O)(=O)c2ccc3c(c2)OCCO3)cc1. The molecule has 0 bridgehead atoms. The van der Waals surface area contributed by atoms with Gasteiger partial charge >= 0.3 is 0 Å². The van der Waals surface area contributed by atoms with Gasteiger partial charge < -0.3 is 20.1 Å². The van der Waals surface area contributed by atoms with E-state index in [2.05, 4.69) is 25.3 Å². The van der Waals surface area contributed by atoms with Gasteiger partial charge in [-0.15, -0.1) is 0 Å². The van der Waals surface area contributed by atoms with Gasteiger partial charge in [0.1, 0.15) is 13.2 Å². The number of nitrogens with one attached hydrogen (secondary N) is 3. The van der Waals surface area contributed by atoms with E-state index in [1.54, 1.807) is 48.8 Å². The van der Waals surface area contributed by atoms with Gasteiger partial charge in [0.2, 0.25) is 11.9 Å². The van der Waals surface area contributed by atoms with E-state index in [0.717, 1.165) is 0 Å². The maximum absolute atomic E-state index is 12.7. The van der Waals surface area contributed by atoms with E-state index in [4.69, 9.17) is 9.47 Å². The van der Waals surface area contributed by atoms with Crippen molar-refractivity contribution in [2.24, 2.45) is 0 Å². The predicted octanol–water partition coefficient (Wildman–Crippen LogP) is 2.49. The molecule has 10 nitrogen and oxygen atoms in total. The maximum atomic E-state index is 12.7. The minimum absolute atomic E-state index is 0.0639. The summed E-state index contributed by atoms with van der Waals surface area (Å²) in [6.45, 7) is 1.18. The van der Waals surface area contributed by atoms with Gasteiger partial charge in [0.25, 0.3) is 10.0 Å². The zero-order chi connectivity index (χ0) is 22.4. The number of hydrogen-bond acceptors (Lipinski definition) is 8. The van der Waals surface area contributed by atoms with Crippen LogP contribution in [0, 0.1) is 0 Å². The molecule has 1 amide bonds. The van der Waals surface area contributed by atoms with Crippen LogP contribution in [-0.4, -0.2) is 44.1 Å². The van der Waals surface area contributed by atoms with E-state index < -0.39 is 10.0 Å². The summed E-state index contributed by atoms with van der Waals surface area (Å²) in [5, 5.41) is 5.71. The minimum Gasteiger partial charge on any atom is -0.486 e. The molecular formula is C21H21N5O5S. The number of anilines is 3. The summed E-state index contributed by atoms with van der Waals surface area (Å²) >= 11 is 0. The molecule has 0 unspecified atom stereocenters. The highest BCUT2D eigenvalue weighted by molar-refractivity contribution is 7.92. The Morgan fingerprint density at radius 1 is 0.938 bits per heavy atom. The number of ether oxygens (including phenoxy) is 2. The average molecular weight is 455 g/mol. The number of fused-ring (bicyclic) bond motifs is 1. The van der Waals surface area contributed by atoms with Crippen molar-refractivity contribution >= 4 is 33.3 Å². The molecule has 0 atom stereocenters. The van der Waals surface area contributed by atoms with Crippen LogP contribution in [-0.2, 0) is 14.8 Å². The van der Waals surface area contributed by atoms with Gasteiger partial charge in [0, 0.05) is 42.8 Å². The molecule has 1 aliphatic rings. The van der Waals surface area contributed by atoms with E-state index in [1.807, 2.05) is 0 Å². The summed E-state index contributed by atoms with van der Waals surface area (Å²) in [5.41, 5.74) is 0.911. The Labute approximate surface area is 185 Å². The molecule has 2 heterocycles. The molecule has 0 spiro atoms. The number of nitrogens with zero attached hydrogens (tertiary/aromatic N) is 2. The molecule has 32 heavy (non-hydrogen) atoms. The summed E-state index contributed by atoms with van der Waals surface area (Å²) < 4.78 is 38.8. The fraction of sp³-hybridized carbons (Fsp3) is 0.190. The van der Waals surface area contributed by atoms with Crippen LogP contribution in [0.1, 0.15) is 6.42 Å². The van der Waals surface area contributed by atoms with Crippen LogP contribution in [0.4, 0.5) is 17.3 Å². The van der Waals surface area contributed by atoms with Crippen LogP contribution >= 0.6 is 0 Å². The first-order valence-corrected chi connectivity index (χ1v) is 11.3. The third-order valence-corrected chi connectivity index (χ3v) is 5.82. The van der Waals surface area contributed by atoms with Crippen molar-refractivity contribution in [1.82, 2.24) is 9.97 Å². The normalized spacial score (nSPS) is 12.6. The van der Waals surface area contributed by atoms with Gasteiger partial charge in [0.05, 0.1) is 4.90 Å². The fourth-order valence-electron chi connectivity index (χ4n) is 2.93. The van der Waals surface area contributed by atoms with E-state index >= 15 is 0 Å². The minimum atomic E-state index is -3.81. The first kappa shape index (κ1) is 21.4. The second-order valence-corrected chi connectivity index (χ2v) is 8.47. The molecule has 4 rings (SSSR count). The third-order valence-electron chi connectivity index (χ3n) is 4.45. The lowest BCUT2D eigenvalue weighted by atomic mass is 10.3. The number of aromatic nitrogens is 2. The fourth-order valence-corrected chi connectivity index (χ4v) is 4.00. The first-order valence-electron chi connectivity index (χ1n) is 9.83. The van der Waals surface area contributed by atoms with E-state index in [-0.39, 0.29) is 17.2 Å². The predicted molar refractivity (Wildman–Crippen MR) is 118 cm³/mol. The number of sulfonamides is 1.